The van der Waals surface area contributed by atoms with Crippen LogP contribution in [0.15, 0.2) is 16.5 Å². The van der Waals surface area contributed by atoms with E-state index in [0.717, 1.165) is 0 Å². The maximum Gasteiger partial charge on any atom is 0.295 e. The fourth-order valence-corrected chi connectivity index (χ4v) is 0.645. The highest BCUT2D eigenvalue weighted by atomic mass is 19.3. The summed E-state index contributed by atoms with van der Waals surface area (Å²) in [5.74, 6) is 2.10. The third-order valence-electron chi connectivity index (χ3n) is 1.09. The summed E-state index contributed by atoms with van der Waals surface area (Å²) in [4.78, 5) is 0. The Balaban J connectivity index is 2.75. The highest BCUT2D eigenvalue weighted by Gasteiger charge is 2.11. The van der Waals surface area contributed by atoms with Crippen LogP contribution in [-0.4, -0.2) is 0 Å². The van der Waals surface area contributed by atoms with Gasteiger partial charge in [0.1, 0.15) is 5.76 Å². The van der Waals surface area contributed by atoms with Crippen molar-refractivity contribution in [1.82, 2.24) is 0 Å². The number of hydrogen-bond donors (Lipinski definition) is 0. The van der Waals surface area contributed by atoms with Gasteiger partial charge in [-0.15, -0.1) is 6.42 Å². The van der Waals surface area contributed by atoms with Crippen LogP contribution in [0.1, 0.15) is 17.9 Å². The molecule has 0 aliphatic heterocycles. The number of halogens is 2. The van der Waals surface area contributed by atoms with Gasteiger partial charge in [-0.1, -0.05) is 5.92 Å². The van der Waals surface area contributed by atoms with E-state index in [1.54, 1.807) is 0 Å². The molecule has 1 aromatic rings. The van der Waals surface area contributed by atoms with Gasteiger partial charge in [0.15, 0.2) is 5.76 Å². The maximum atomic E-state index is 11.9. The van der Waals surface area contributed by atoms with E-state index in [9.17, 15) is 8.78 Å². The lowest BCUT2D eigenvalue weighted by Gasteiger charge is -1.90. The van der Waals surface area contributed by atoms with E-state index in [1.165, 1.54) is 18.6 Å². The predicted octanol–water partition coefficient (Wildman–Crippen LogP) is 2.40. The minimum absolute atomic E-state index is 0.280. The molecule has 57 valence electrons. The second kappa shape index (κ2) is 3.20. The fraction of sp³-hybridized carbons (Fsp3) is 0.125. The molecule has 0 aromatic carbocycles. The highest BCUT2D eigenvalue weighted by molar-refractivity contribution is 5.23. The van der Waals surface area contributed by atoms with Crippen LogP contribution >= 0.6 is 0 Å². The van der Waals surface area contributed by atoms with Crippen LogP contribution in [0.3, 0.4) is 0 Å². The zero-order valence-electron chi connectivity index (χ0n) is 5.55. The monoisotopic (exact) mass is 155 g/mol. The van der Waals surface area contributed by atoms with E-state index >= 15 is 0 Å². The molecule has 0 saturated carbocycles. The standard InChI is InChI=1S/C8H5F2O/c1-2-3-6-4-5-7(11-6)8(9)10/h1,3-5,8H. The van der Waals surface area contributed by atoms with Gasteiger partial charge in [0.25, 0.3) is 6.43 Å². The van der Waals surface area contributed by atoms with Crippen LogP contribution in [0.25, 0.3) is 0 Å². The van der Waals surface area contributed by atoms with Crippen molar-refractivity contribution >= 4 is 0 Å². The van der Waals surface area contributed by atoms with Crippen molar-refractivity contribution in [1.29, 1.82) is 0 Å². The van der Waals surface area contributed by atoms with Crippen LogP contribution in [0.2, 0.25) is 0 Å². The average Bonchev–Trinajstić information content (AvgIpc) is 2.37. The molecular formula is C8H5F2O. The average molecular weight is 155 g/mol. The lowest BCUT2D eigenvalue weighted by Crippen LogP contribution is -1.76. The van der Waals surface area contributed by atoms with Gasteiger partial charge in [-0.25, -0.2) is 8.78 Å². The predicted molar refractivity (Wildman–Crippen MR) is 35.9 cm³/mol. The van der Waals surface area contributed by atoms with E-state index in [2.05, 4.69) is 10.3 Å². The SMILES string of the molecule is C#C[CH]c1ccc(C(F)F)o1. The Kier molecular flexibility index (Phi) is 2.27. The summed E-state index contributed by atoms with van der Waals surface area (Å²) in [7, 11) is 0. The maximum absolute atomic E-state index is 11.9. The zero-order chi connectivity index (χ0) is 8.27. The van der Waals surface area contributed by atoms with Crippen molar-refractivity contribution in [2.24, 2.45) is 0 Å². The molecule has 1 nitrogen and oxygen atoms in total. The molecular weight excluding hydrogens is 150 g/mol. The quantitative estimate of drug-likeness (QED) is 0.597. The molecule has 0 bridgehead atoms. The third-order valence-corrected chi connectivity index (χ3v) is 1.09. The molecule has 0 saturated heterocycles. The van der Waals surface area contributed by atoms with Crippen LogP contribution in [0.5, 0.6) is 0 Å². The summed E-state index contributed by atoms with van der Waals surface area (Å²) in [5.41, 5.74) is 0. The van der Waals surface area contributed by atoms with Crippen molar-refractivity contribution < 1.29 is 13.2 Å². The molecule has 0 amide bonds. The van der Waals surface area contributed by atoms with Crippen LogP contribution < -0.4 is 0 Å². The number of terminal acetylenes is 1. The summed E-state index contributed by atoms with van der Waals surface area (Å²) in [6, 6.07) is 2.61. The first-order chi connectivity index (χ1) is 5.24. The fourth-order valence-electron chi connectivity index (χ4n) is 0.645. The van der Waals surface area contributed by atoms with E-state index in [4.69, 9.17) is 6.42 Å². The van der Waals surface area contributed by atoms with Gasteiger partial charge >= 0.3 is 0 Å². The Bertz CT molecular complexity index is 270. The van der Waals surface area contributed by atoms with Gasteiger partial charge in [0.05, 0.1) is 6.42 Å². The van der Waals surface area contributed by atoms with Gasteiger partial charge in [-0.05, 0) is 12.1 Å². The Labute approximate surface area is 63.0 Å². The Morgan fingerprint density at radius 3 is 2.73 bits per heavy atom. The lowest BCUT2D eigenvalue weighted by atomic mass is 10.3. The molecule has 0 N–H and O–H groups in total. The van der Waals surface area contributed by atoms with Crippen LogP contribution in [0, 0.1) is 18.8 Å². The van der Waals surface area contributed by atoms with Gasteiger partial charge in [-0.2, -0.15) is 0 Å². The molecule has 11 heavy (non-hydrogen) atoms. The van der Waals surface area contributed by atoms with E-state index in [1.807, 2.05) is 0 Å². The van der Waals surface area contributed by atoms with E-state index < -0.39 is 6.43 Å². The summed E-state index contributed by atoms with van der Waals surface area (Å²) in [6.45, 7) is 0. The molecule has 0 atom stereocenters. The zero-order valence-corrected chi connectivity index (χ0v) is 5.55. The third kappa shape index (κ3) is 1.81. The van der Waals surface area contributed by atoms with Crippen molar-refractivity contribution in [2.45, 2.75) is 6.43 Å². The van der Waals surface area contributed by atoms with Crippen molar-refractivity contribution in [3.8, 4) is 12.3 Å². The normalized spacial score (nSPS) is 10.0. The van der Waals surface area contributed by atoms with Gasteiger partial charge < -0.3 is 4.42 Å². The minimum Gasteiger partial charge on any atom is -0.459 e. The molecule has 0 aliphatic carbocycles. The van der Waals surface area contributed by atoms with Crippen molar-refractivity contribution in [3.05, 3.63) is 30.1 Å². The number of alkyl halides is 2. The largest absolute Gasteiger partial charge is 0.459 e. The molecule has 0 aliphatic rings. The van der Waals surface area contributed by atoms with E-state index in [-0.39, 0.29) is 11.5 Å². The summed E-state index contributed by atoms with van der Waals surface area (Å²) >= 11 is 0. The minimum atomic E-state index is -2.57. The van der Waals surface area contributed by atoms with Crippen molar-refractivity contribution in [2.75, 3.05) is 0 Å². The summed E-state index contributed by atoms with van der Waals surface area (Å²) < 4.78 is 28.4. The lowest BCUT2D eigenvalue weighted by molar-refractivity contribution is 0.121. The molecule has 1 aromatic heterocycles. The Morgan fingerprint density at radius 2 is 2.27 bits per heavy atom. The van der Waals surface area contributed by atoms with E-state index in [0.29, 0.717) is 0 Å². The number of rotatable bonds is 2. The molecule has 1 rings (SSSR count). The molecule has 0 unspecified atom stereocenters. The van der Waals surface area contributed by atoms with Gasteiger partial charge in [0, 0.05) is 0 Å². The first-order valence-electron chi connectivity index (χ1n) is 2.91. The Hall–Kier alpha value is -1.30. The molecule has 0 fully saturated rings. The first kappa shape index (κ1) is 7.80. The number of furan rings is 1. The highest BCUT2D eigenvalue weighted by Crippen LogP contribution is 2.21. The first-order valence-corrected chi connectivity index (χ1v) is 2.91. The Morgan fingerprint density at radius 1 is 1.55 bits per heavy atom. The smallest absolute Gasteiger partial charge is 0.295 e. The van der Waals surface area contributed by atoms with Crippen LogP contribution in [-0.2, 0) is 0 Å². The molecule has 0 spiro atoms. The molecule has 1 heterocycles. The van der Waals surface area contributed by atoms with Crippen molar-refractivity contribution in [3.63, 3.8) is 0 Å². The second-order valence-corrected chi connectivity index (χ2v) is 1.85. The number of hydrogen-bond acceptors (Lipinski definition) is 1. The molecule has 1 radical (unpaired) electrons. The molecule has 3 heteroatoms. The topological polar surface area (TPSA) is 13.1 Å². The van der Waals surface area contributed by atoms with Gasteiger partial charge in [-0.3, -0.25) is 0 Å². The summed E-state index contributed by atoms with van der Waals surface area (Å²) in [6.07, 6.45) is 3.60. The second-order valence-electron chi connectivity index (χ2n) is 1.85. The summed E-state index contributed by atoms with van der Waals surface area (Å²) in [5, 5.41) is 0. The van der Waals surface area contributed by atoms with Gasteiger partial charge in [0.2, 0.25) is 0 Å². The van der Waals surface area contributed by atoms with Crippen LogP contribution in [0.4, 0.5) is 8.78 Å².